The van der Waals surface area contributed by atoms with Crippen LogP contribution >= 0.6 is 15.9 Å². The van der Waals surface area contributed by atoms with Gasteiger partial charge in [0.1, 0.15) is 5.82 Å². The zero-order chi connectivity index (χ0) is 15.0. The highest BCUT2D eigenvalue weighted by Gasteiger charge is 2.20. The minimum absolute atomic E-state index is 0.190. The van der Waals surface area contributed by atoms with Crippen LogP contribution in [-0.4, -0.2) is 25.8 Å². The third-order valence-corrected chi connectivity index (χ3v) is 4.03. The molecule has 2 atom stereocenters. The van der Waals surface area contributed by atoms with Crippen LogP contribution in [-0.2, 0) is 11.2 Å². The molecule has 20 heavy (non-hydrogen) atoms. The van der Waals surface area contributed by atoms with Crippen LogP contribution in [0.3, 0.4) is 0 Å². The average molecular weight is 346 g/mol. The Kier molecular flexibility index (Phi) is 8.34. The van der Waals surface area contributed by atoms with Crippen molar-refractivity contribution >= 4 is 15.9 Å². The molecule has 0 spiro atoms. The lowest BCUT2D eigenvalue weighted by Gasteiger charge is -2.27. The molecule has 1 N–H and O–H groups in total. The Balaban J connectivity index is 2.78. The average Bonchev–Trinajstić information content (AvgIpc) is 2.45. The fourth-order valence-electron chi connectivity index (χ4n) is 2.35. The topological polar surface area (TPSA) is 21.3 Å². The Morgan fingerprint density at radius 3 is 2.60 bits per heavy atom. The normalized spacial score (nSPS) is 14.2. The second-order valence-electron chi connectivity index (χ2n) is 5.08. The summed E-state index contributed by atoms with van der Waals surface area (Å²) < 4.78 is 19.4. The summed E-state index contributed by atoms with van der Waals surface area (Å²) >= 11 is 3.25. The molecule has 4 heteroatoms. The summed E-state index contributed by atoms with van der Waals surface area (Å²) in [5, 5.41) is 3.55. The van der Waals surface area contributed by atoms with E-state index >= 15 is 0 Å². The van der Waals surface area contributed by atoms with Crippen LogP contribution in [0, 0.1) is 5.82 Å². The van der Waals surface area contributed by atoms with Crippen molar-refractivity contribution in [3.05, 3.63) is 34.1 Å². The van der Waals surface area contributed by atoms with Crippen LogP contribution in [0.15, 0.2) is 22.7 Å². The molecule has 114 valence electrons. The molecule has 2 unspecified atom stereocenters. The molecule has 0 aliphatic carbocycles. The summed E-state index contributed by atoms with van der Waals surface area (Å²) in [6.45, 7) is 5.29. The van der Waals surface area contributed by atoms with Crippen molar-refractivity contribution in [1.82, 2.24) is 5.32 Å². The van der Waals surface area contributed by atoms with Gasteiger partial charge in [0.15, 0.2) is 0 Å². The van der Waals surface area contributed by atoms with E-state index in [1.165, 1.54) is 6.07 Å². The second kappa shape index (κ2) is 9.48. The van der Waals surface area contributed by atoms with Crippen molar-refractivity contribution in [2.45, 2.75) is 51.7 Å². The minimum Gasteiger partial charge on any atom is -0.380 e. The number of benzene rings is 1. The zero-order valence-corrected chi connectivity index (χ0v) is 14.2. The molecule has 0 aliphatic rings. The number of halogens is 2. The first kappa shape index (κ1) is 17.6. The van der Waals surface area contributed by atoms with Gasteiger partial charge in [0.25, 0.3) is 0 Å². The van der Waals surface area contributed by atoms with Crippen LogP contribution in [0.25, 0.3) is 0 Å². The molecule has 0 fully saturated rings. The maximum absolute atomic E-state index is 13.3. The van der Waals surface area contributed by atoms with E-state index in [-0.39, 0.29) is 18.0 Å². The Bertz CT molecular complexity index is 400. The van der Waals surface area contributed by atoms with Gasteiger partial charge in [0.2, 0.25) is 0 Å². The summed E-state index contributed by atoms with van der Waals surface area (Å²) in [5.41, 5.74) is 1.12. The first-order valence-corrected chi connectivity index (χ1v) is 8.11. The monoisotopic (exact) mass is 345 g/mol. The number of methoxy groups -OCH3 is 1. The smallest absolute Gasteiger partial charge is 0.137 e. The molecule has 0 aromatic heterocycles. The molecule has 1 aromatic carbocycles. The number of ether oxygens (including phenoxy) is 1. The fourth-order valence-corrected chi connectivity index (χ4v) is 2.78. The lowest BCUT2D eigenvalue weighted by atomic mass is 9.98. The quantitative estimate of drug-likeness (QED) is 0.719. The van der Waals surface area contributed by atoms with Gasteiger partial charge >= 0.3 is 0 Å². The van der Waals surface area contributed by atoms with E-state index in [0.29, 0.717) is 4.47 Å². The molecule has 0 bridgehead atoms. The maximum Gasteiger partial charge on any atom is 0.137 e. The van der Waals surface area contributed by atoms with Crippen molar-refractivity contribution in [2.75, 3.05) is 13.7 Å². The third kappa shape index (κ3) is 5.51. The Labute approximate surface area is 130 Å². The van der Waals surface area contributed by atoms with E-state index < -0.39 is 0 Å². The van der Waals surface area contributed by atoms with Crippen molar-refractivity contribution in [3.63, 3.8) is 0 Å². The lowest BCUT2D eigenvalue weighted by Crippen LogP contribution is -2.43. The van der Waals surface area contributed by atoms with Crippen LogP contribution in [0.2, 0.25) is 0 Å². The number of hydrogen-bond donors (Lipinski definition) is 1. The zero-order valence-electron chi connectivity index (χ0n) is 12.6. The Morgan fingerprint density at radius 2 is 2.05 bits per heavy atom. The van der Waals surface area contributed by atoms with Crippen molar-refractivity contribution < 1.29 is 9.13 Å². The van der Waals surface area contributed by atoms with Crippen LogP contribution in [0.1, 0.15) is 38.7 Å². The summed E-state index contributed by atoms with van der Waals surface area (Å²) in [5.74, 6) is -0.219. The van der Waals surface area contributed by atoms with Crippen molar-refractivity contribution in [3.8, 4) is 0 Å². The molecule has 0 radical (unpaired) electrons. The minimum atomic E-state index is -0.219. The number of rotatable bonds is 9. The first-order valence-electron chi connectivity index (χ1n) is 7.32. The SMILES string of the molecule is CCCNC(Cc1ccc(F)c(Br)c1)C(CCC)OC. The summed E-state index contributed by atoms with van der Waals surface area (Å²) in [6, 6.07) is 5.48. The van der Waals surface area contributed by atoms with Gasteiger partial charge in [0, 0.05) is 13.2 Å². The second-order valence-corrected chi connectivity index (χ2v) is 5.93. The van der Waals surface area contributed by atoms with Gasteiger partial charge in [-0.2, -0.15) is 0 Å². The third-order valence-electron chi connectivity index (χ3n) is 3.42. The summed E-state index contributed by atoms with van der Waals surface area (Å²) in [6.07, 6.45) is 4.25. The Hall–Kier alpha value is -0.450. The predicted molar refractivity (Wildman–Crippen MR) is 85.6 cm³/mol. The largest absolute Gasteiger partial charge is 0.380 e. The molecule has 0 aliphatic heterocycles. The summed E-state index contributed by atoms with van der Waals surface area (Å²) in [4.78, 5) is 0. The fraction of sp³-hybridized carbons (Fsp3) is 0.625. The van der Waals surface area contributed by atoms with E-state index in [0.717, 1.165) is 37.8 Å². The van der Waals surface area contributed by atoms with Gasteiger partial charge in [-0.1, -0.05) is 26.3 Å². The van der Waals surface area contributed by atoms with Crippen molar-refractivity contribution in [1.29, 1.82) is 0 Å². The highest BCUT2D eigenvalue weighted by Crippen LogP contribution is 2.19. The van der Waals surface area contributed by atoms with Crippen LogP contribution < -0.4 is 5.32 Å². The molecule has 1 aromatic rings. The molecular formula is C16H25BrFNO. The van der Waals surface area contributed by atoms with Gasteiger partial charge in [-0.3, -0.25) is 0 Å². The number of nitrogens with one attached hydrogen (secondary N) is 1. The van der Waals surface area contributed by atoms with Gasteiger partial charge in [-0.25, -0.2) is 4.39 Å². The van der Waals surface area contributed by atoms with E-state index in [2.05, 4.69) is 35.1 Å². The molecule has 2 nitrogen and oxygen atoms in total. The van der Waals surface area contributed by atoms with E-state index in [4.69, 9.17) is 4.74 Å². The van der Waals surface area contributed by atoms with Gasteiger partial charge in [-0.15, -0.1) is 0 Å². The number of hydrogen-bond acceptors (Lipinski definition) is 2. The van der Waals surface area contributed by atoms with Crippen LogP contribution in [0.5, 0.6) is 0 Å². The maximum atomic E-state index is 13.3. The molecule has 0 heterocycles. The van der Waals surface area contributed by atoms with E-state index in [1.54, 1.807) is 7.11 Å². The molecule has 0 saturated carbocycles. The molecule has 1 rings (SSSR count). The first-order chi connectivity index (χ1) is 9.62. The van der Waals surface area contributed by atoms with Gasteiger partial charge < -0.3 is 10.1 Å². The predicted octanol–water partition coefficient (Wildman–Crippen LogP) is 4.31. The highest BCUT2D eigenvalue weighted by atomic mass is 79.9. The van der Waals surface area contributed by atoms with Gasteiger partial charge in [0.05, 0.1) is 10.6 Å². The van der Waals surface area contributed by atoms with E-state index in [9.17, 15) is 4.39 Å². The Morgan fingerprint density at radius 1 is 1.30 bits per heavy atom. The summed E-state index contributed by atoms with van der Waals surface area (Å²) in [7, 11) is 1.77. The lowest BCUT2D eigenvalue weighted by molar-refractivity contribution is 0.0609. The highest BCUT2D eigenvalue weighted by molar-refractivity contribution is 9.10. The molecule has 0 saturated heterocycles. The van der Waals surface area contributed by atoms with Gasteiger partial charge in [-0.05, 0) is 59.4 Å². The van der Waals surface area contributed by atoms with Crippen molar-refractivity contribution in [2.24, 2.45) is 0 Å². The standard InChI is InChI=1S/C16H25BrFNO/c1-4-6-16(20-3)15(19-9-5-2)11-12-7-8-14(18)13(17)10-12/h7-8,10,15-16,19H,4-6,9,11H2,1-3H3. The molecule has 0 amide bonds. The van der Waals surface area contributed by atoms with Crippen LogP contribution in [0.4, 0.5) is 4.39 Å². The molecular weight excluding hydrogens is 321 g/mol. The van der Waals surface area contributed by atoms with E-state index in [1.807, 2.05) is 12.1 Å².